The number of hydrogen-bond donors (Lipinski definition) is 19. The maximum atomic E-state index is 10.5. The van der Waals surface area contributed by atoms with Gasteiger partial charge in [-0.2, -0.15) is 0 Å². The zero-order chi connectivity index (χ0) is 38.2. The average Bonchev–Trinajstić information content (AvgIpc) is 3.09. The lowest BCUT2D eigenvalue weighted by Gasteiger charge is -2.22. The van der Waals surface area contributed by atoms with Crippen molar-refractivity contribution >= 4 is 24.6 Å². The molecule has 15 atom stereocenters. The third-order valence-electron chi connectivity index (χ3n) is 5.57. The maximum absolute atomic E-state index is 10.5. The van der Waals surface area contributed by atoms with Crippen molar-refractivity contribution in [3.8, 4) is 0 Å². The Hall–Kier alpha value is -2.08. The van der Waals surface area contributed by atoms with Crippen LogP contribution in [0.4, 0.5) is 0 Å². The second kappa shape index (κ2) is 28.9. The standard InChI is InChI=1S/3C6H12O6.C6H12O5/c3*7-1-3(9)5(11)6(12)4(10)2-8;1-3(8)5(10)6(11)4(9)2-7/h3,5-9,11-12H,1-2H2;2*1,3-6,8-12H,2H2;2-6,8-11H,1H3. The van der Waals surface area contributed by atoms with Crippen molar-refractivity contribution in [3.05, 3.63) is 0 Å². The zero-order valence-corrected chi connectivity index (χ0v) is 24.9. The van der Waals surface area contributed by atoms with Crippen LogP contribution in [0.1, 0.15) is 6.92 Å². The molecular weight excluding hydrogens is 656 g/mol. The van der Waals surface area contributed by atoms with Crippen LogP contribution in [0.5, 0.6) is 0 Å². The van der Waals surface area contributed by atoms with E-state index in [4.69, 9.17) is 97.0 Å². The predicted molar refractivity (Wildman–Crippen MR) is 147 cm³/mol. The fraction of sp³-hybridized carbons (Fsp3) is 0.833. The van der Waals surface area contributed by atoms with Crippen LogP contribution in [-0.2, 0) is 19.2 Å². The predicted octanol–water partition coefficient (Wildman–Crippen LogP) is -12.5. The molecule has 0 aromatic carbocycles. The molecule has 0 saturated heterocycles. The van der Waals surface area contributed by atoms with Crippen molar-refractivity contribution in [1.82, 2.24) is 0 Å². The molecule has 0 aromatic rings. The molecule has 0 bridgehead atoms. The molecule has 0 rings (SSSR count). The first-order valence-corrected chi connectivity index (χ1v) is 13.2. The summed E-state index contributed by atoms with van der Waals surface area (Å²) in [6.45, 7) is -1.97. The SMILES string of the molecule is CC(O)C(O)C(O)C(O)C=O.O=C(CO)C(O)C(O)C(O)CO.O=CC(O)C(O)C(O)C(O)CO.O=CC(O)C(O)C(O)C(O)CO. The lowest BCUT2D eigenvalue weighted by atomic mass is 10.0. The van der Waals surface area contributed by atoms with Crippen LogP contribution in [0.15, 0.2) is 0 Å². The summed E-state index contributed by atoms with van der Waals surface area (Å²) < 4.78 is 0. The summed E-state index contributed by atoms with van der Waals surface area (Å²) in [5.74, 6) is -1.00. The van der Waals surface area contributed by atoms with E-state index in [-0.39, 0.29) is 18.9 Å². The normalized spacial score (nSPS) is 20.6. The summed E-state index contributed by atoms with van der Waals surface area (Å²) in [5.41, 5.74) is 0. The van der Waals surface area contributed by atoms with Crippen LogP contribution in [-0.4, -0.2) is 240 Å². The summed E-state index contributed by atoms with van der Waals surface area (Å²) in [5, 5.41) is 165. The highest BCUT2D eigenvalue weighted by molar-refractivity contribution is 5.84. The van der Waals surface area contributed by atoms with Gasteiger partial charge in [-0.25, -0.2) is 0 Å². The Morgan fingerprint density at radius 2 is 0.702 bits per heavy atom. The molecule has 0 aliphatic heterocycles. The number of rotatable bonds is 19. The van der Waals surface area contributed by atoms with E-state index in [2.05, 4.69) is 0 Å². The van der Waals surface area contributed by atoms with Crippen LogP contribution in [0.2, 0.25) is 0 Å². The molecule has 0 aliphatic carbocycles. The van der Waals surface area contributed by atoms with Gasteiger partial charge >= 0.3 is 0 Å². The van der Waals surface area contributed by atoms with Crippen LogP contribution in [0.3, 0.4) is 0 Å². The van der Waals surface area contributed by atoms with Crippen molar-refractivity contribution < 1.29 is 116 Å². The van der Waals surface area contributed by atoms with Gasteiger partial charge in [0.2, 0.25) is 0 Å². The van der Waals surface area contributed by atoms with Gasteiger partial charge in [-0.1, -0.05) is 0 Å². The fourth-order valence-corrected chi connectivity index (χ4v) is 2.41. The highest BCUT2D eigenvalue weighted by Crippen LogP contribution is 2.05. The fourth-order valence-electron chi connectivity index (χ4n) is 2.41. The number of aldehydes is 3. The summed E-state index contributed by atoms with van der Waals surface area (Å²) >= 11 is 0. The second-order valence-corrected chi connectivity index (χ2v) is 9.37. The van der Waals surface area contributed by atoms with E-state index < -0.39 is 124 Å². The topological polar surface area (TPSA) is 453 Å². The van der Waals surface area contributed by atoms with Crippen molar-refractivity contribution in [1.29, 1.82) is 0 Å². The van der Waals surface area contributed by atoms with Gasteiger partial charge < -0.3 is 111 Å². The monoisotopic (exact) mass is 704 g/mol. The summed E-state index contributed by atoms with van der Waals surface area (Å²) in [7, 11) is 0. The summed E-state index contributed by atoms with van der Waals surface area (Å²) in [6, 6.07) is 0. The number of Topliss-reactive ketones (excluding diaryl/α,β-unsaturated/α-hetero) is 1. The van der Waals surface area contributed by atoms with E-state index in [1.807, 2.05) is 0 Å². The Labute approximate surface area is 266 Å². The maximum Gasteiger partial charge on any atom is 0.189 e. The minimum atomic E-state index is -1.86. The first kappa shape index (κ1) is 51.7. The lowest BCUT2D eigenvalue weighted by molar-refractivity contribution is -0.142. The molecule has 0 fully saturated rings. The van der Waals surface area contributed by atoms with Crippen molar-refractivity contribution in [2.75, 3.05) is 26.4 Å². The molecule has 0 saturated carbocycles. The molecular formula is C24H48O23. The minimum absolute atomic E-state index is 0.0258. The van der Waals surface area contributed by atoms with Crippen molar-refractivity contribution in [3.63, 3.8) is 0 Å². The molecule has 0 aromatic heterocycles. The first-order chi connectivity index (χ1) is 21.6. The van der Waals surface area contributed by atoms with E-state index >= 15 is 0 Å². The molecule has 0 heterocycles. The molecule has 47 heavy (non-hydrogen) atoms. The molecule has 19 N–H and O–H groups in total. The first-order valence-electron chi connectivity index (χ1n) is 13.2. The number of ketones is 1. The minimum Gasteiger partial charge on any atom is -0.394 e. The second-order valence-electron chi connectivity index (χ2n) is 9.37. The smallest absolute Gasteiger partial charge is 0.189 e. The van der Waals surface area contributed by atoms with Crippen LogP contribution in [0, 0.1) is 0 Å². The number of carbonyl (C=O) groups excluding carboxylic acids is 4. The lowest BCUT2D eigenvalue weighted by Crippen LogP contribution is -2.46. The van der Waals surface area contributed by atoms with Gasteiger partial charge in [0.15, 0.2) is 24.6 Å². The Morgan fingerprint density at radius 3 is 0.915 bits per heavy atom. The summed E-state index contributed by atoms with van der Waals surface area (Å²) in [4.78, 5) is 40.2. The van der Waals surface area contributed by atoms with Crippen LogP contribution in [0.25, 0.3) is 0 Å². The van der Waals surface area contributed by atoms with E-state index in [1.54, 1.807) is 0 Å². The number of carbonyl (C=O) groups is 4. The number of aliphatic hydroxyl groups is 19. The Bertz CT molecular complexity index is 771. The highest BCUT2D eigenvalue weighted by atomic mass is 16.4. The average molecular weight is 705 g/mol. The quantitative estimate of drug-likeness (QED) is 0.0555. The van der Waals surface area contributed by atoms with Gasteiger partial charge in [0.1, 0.15) is 92.1 Å². The number of aliphatic hydroxyl groups excluding tert-OH is 19. The summed E-state index contributed by atoms with van der Waals surface area (Å²) in [6.07, 6.45) is -24.8. The Morgan fingerprint density at radius 1 is 0.447 bits per heavy atom. The molecule has 23 heteroatoms. The van der Waals surface area contributed by atoms with Crippen LogP contribution >= 0.6 is 0 Å². The molecule has 23 nitrogen and oxygen atoms in total. The zero-order valence-electron chi connectivity index (χ0n) is 24.9. The van der Waals surface area contributed by atoms with Gasteiger partial charge in [0, 0.05) is 0 Å². The van der Waals surface area contributed by atoms with Gasteiger partial charge in [-0.3, -0.25) is 4.79 Å². The number of hydrogen-bond acceptors (Lipinski definition) is 23. The van der Waals surface area contributed by atoms with Crippen molar-refractivity contribution in [2.24, 2.45) is 0 Å². The molecule has 0 radical (unpaired) electrons. The van der Waals surface area contributed by atoms with Crippen LogP contribution < -0.4 is 0 Å². The molecule has 15 unspecified atom stereocenters. The third-order valence-corrected chi connectivity index (χ3v) is 5.57. The largest absolute Gasteiger partial charge is 0.394 e. The molecule has 0 amide bonds. The van der Waals surface area contributed by atoms with Gasteiger partial charge in [-0.05, 0) is 6.92 Å². The van der Waals surface area contributed by atoms with E-state index in [0.717, 1.165) is 0 Å². The third kappa shape index (κ3) is 21.5. The Kier molecular flexibility index (Phi) is 31.8. The molecule has 282 valence electrons. The molecule has 0 spiro atoms. The van der Waals surface area contributed by atoms with Gasteiger partial charge in [-0.15, -0.1) is 0 Å². The highest BCUT2D eigenvalue weighted by Gasteiger charge is 2.31. The van der Waals surface area contributed by atoms with Crippen molar-refractivity contribution in [2.45, 2.75) is 98.5 Å². The van der Waals surface area contributed by atoms with E-state index in [1.165, 1.54) is 6.92 Å². The molecule has 0 aliphatic rings. The Balaban J connectivity index is -0.000000262. The van der Waals surface area contributed by atoms with E-state index in [9.17, 15) is 19.2 Å². The van der Waals surface area contributed by atoms with E-state index in [0.29, 0.717) is 0 Å². The van der Waals surface area contributed by atoms with Gasteiger partial charge in [0.05, 0.1) is 25.9 Å². The van der Waals surface area contributed by atoms with Gasteiger partial charge in [0.25, 0.3) is 0 Å².